The van der Waals surface area contributed by atoms with E-state index in [1.54, 1.807) is 18.1 Å². The molecular weight excluding hydrogens is 443 g/mol. The van der Waals surface area contributed by atoms with E-state index in [1.165, 1.54) is 5.56 Å². The fourth-order valence-electron chi connectivity index (χ4n) is 3.21. The van der Waals surface area contributed by atoms with Gasteiger partial charge >= 0.3 is 0 Å². The molecule has 142 valence electrons. The Kier molecular flexibility index (Phi) is 7.83. The van der Waals surface area contributed by atoms with Gasteiger partial charge in [0.25, 0.3) is 0 Å². The fraction of sp³-hybridized carbons (Fsp3) is 0.500. The van der Waals surface area contributed by atoms with Gasteiger partial charge in [0.2, 0.25) is 0 Å². The molecule has 1 aliphatic rings. The first-order valence-corrected chi connectivity index (χ1v) is 8.60. The summed E-state index contributed by atoms with van der Waals surface area (Å²) in [6.07, 6.45) is 2.77. The molecular formula is C18H27IN6O. The van der Waals surface area contributed by atoms with Crippen molar-refractivity contribution in [3.8, 4) is 0 Å². The summed E-state index contributed by atoms with van der Waals surface area (Å²) in [5, 5.41) is 7.59. The van der Waals surface area contributed by atoms with E-state index >= 15 is 0 Å². The molecule has 3 rings (SSSR count). The number of aryl methyl sites for hydroxylation is 1. The maximum Gasteiger partial charge on any atom is 0.193 e. The lowest BCUT2D eigenvalue weighted by Gasteiger charge is -2.25. The Morgan fingerprint density at radius 2 is 2.15 bits per heavy atom. The minimum Gasteiger partial charge on any atom is -0.373 e. The van der Waals surface area contributed by atoms with E-state index in [1.807, 2.05) is 20.2 Å². The van der Waals surface area contributed by atoms with E-state index in [0.29, 0.717) is 12.5 Å². The first kappa shape index (κ1) is 20.6. The minimum atomic E-state index is 0. The smallest absolute Gasteiger partial charge is 0.193 e. The number of nitrogens with zero attached hydrogens (tertiary/aromatic N) is 5. The van der Waals surface area contributed by atoms with Crippen LogP contribution in [0.1, 0.15) is 23.9 Å². The van der Waals surface area contributed by atoms with E-state index in [9.17, 15) is 0 Å². The summed E-state index contributed by atoms with van der Waals surface area (Å²) in [5.74, 6) is 2.18. The number of hydrogen-bond acceptors (Lipinski definition) is 4. The normalized spacial score (nSPS) is 19.9. The van der Waals surface area contributed by atoms with Gasteiger partial charge in [0.1, 0.15) is 12.2 Å². The zero-order valence-electron chi connectivity index (χ0n) is 15.5. The standard InChI is InChI=1S/C18H26N6O.HI/c1-19-18(23(2)12-16-21-13-22-24(16)3)20-11-15-9-10-25-17(15)14-7-5-4-6-8-14;/h4-8,13,15,17H,9-12H2,1-3H3,(H,19,20);1H. The van der Waals surface area contributed by atoms with Gasteiger partial charge in [0.15, 0.2) is 5.96 Å². The zero-order valence-corrected chi connectivity index (χ0v) is 17.8. The fourth-order valence-corrected chi connectivity index (χ4v) is 3.21. The van der Waals surface area contributed by atoms with Gasteiger partial charge in [-0.15, -0.1) is 24.0 Å². The van der Waals surface area contributed by atoms with Crippen molar-refractivity contribution in [1.29, 1.82) is 0 Å². The molecule has 0 aliphatic carbocycles. The Labute approximate surface area is 171 Å². The monoisotopic (exact) mass is 470 g/mol. The number of benzene rings is 1. The van der Waals surface area contributed by atoms with Crippen LogP contribution in [0.25, 0.3) is 0 Å². The van der Waals surface area contributed by atoms with Crippen molar-refractivity contribution in [1.82, 2.24) is 25.0 Å². The molecule has 8 heteroatoms. The van der Waals surface area contributed by atoms with Crippen molar-refractivity contribution in [3.63, 3.8) is 0 Å². The van der Waals surface area contributed by atoms with Crippen molar-refractivity contribution in [2.45, 2.75) is 19.1 Å². The number of guanidine groups is 1. The molecule has 1 aromatic heterocycles. The number of ether oxygens (including phenoxy) is 1. The van der Waals surface area contributed by atoms with Crippen LogP contribution < -0.4 is 5.32 Å². The Hall–Kier alpha value is -1.68. The Balaban J connectivity index is 0.00000243. The molecule has 0 bridgehead atoms. The molecule has 0 spiro atoms. The molecule has 2 unspecified atom stereocenters. The van der Waals surface area contributed by atoms with Crippen LogP contribution in [0, 0.1) is 5.92 Å². The van der Waals surface area contributed by atoms with Crippen LogP contribution in [0.4, 0.5) is 0 Å². The number of hydrogen-bond donors (Lipinski definition) is 1. The molecule has 26 heavy (non-hydrogen) atoms. The molecule has 1 aromatic carbocycles. The molecule has 1 N–H and O–H groups in total. The zero-order chi connectivity index (χ0) is 17.6. The van der Waals surface area contributed by atoms with Crippen molar-refractivity contribution in [2.24, 2.45) is 18.0 Å². The molecule has 0 radical (unpaired) electrons. The van der Waals surface area contributed by atoms with Gasteiger partial charge in [-0.25, -0.2) is 4.98 Å². The number of nitrogens with one attached hydrogen (secondary N) is 1. The Morgan fingerprint density at radius 1 is 1.38 bits per heavy atom. The molecule has 1 aliphatic heterocycles. The lowest BCUT2D eigenvalue weighted by molar-refractivity contribution is 0.0914. The quantitative estimate of drug-likeness (QED) is 0.413. The van der Waals surface area contributed by atoms with Crippen molar-refractivity contribution in [2.75, 3.05) is 27.2 Å². The van der Waals surface area contributed by atoms with Gasteiger partial charge in [-0.1, -0.05) is 30.3 Å². The van der Waals surface area contributed by atoms with Crippen molar-refractivity contribution in [3.05, 3.63) is 48.0 Å². The highest BCUT2D eigenvalue weighted by molar-refractivity contribution is 14.0. The number of aliphatic imine (C=N–C) groups is 1. The summed E-state index contributed by atoms with van der Waals surface area (Å²) in [7, 11) is 5.70. The van der Waals surface area contributed by atoms with Gasteiger partial charge in [-0.05, 0) is 12.0 Å². The van der Waals surface area contributed by atoms with Crippen LogP contribution in [-0.4, -0.2) is 52.9 Å². The SMILES string of the molecule is CN=C(NCC1CCOC1c1ccccc1)N(C)Cc1ncnn1C.I. The second-order valence-electron chi connectivity index (χ2n) is 6.33. The van der Waals surface area contributed by atoms with Crippen molar-refractivity contribution >= 4 is 29.9 Å². The third-order valence-corrected chi connectivity index (χ3v) is 4.62. The largest absolute Gasteiger partial charge is 0.373 e. The topological polar surface area (TPSA) is 67.6 Å². The molecule has 0 saturated carbocycles. The molecule has 1 fully saturated rings. The van der Waals surface area contributed by atoms with Gasteiger partial charge in [0, 0.05) is 40.2 Å². The molecule has 0 amide bonds. The highest BCUT2D eigenvalue weighted by Crippen LogP contribution is 2.33. The summed E-state index contributed by atoms with van der Waals surface area (Å²) in [4.78, 5) is 10.7. The second kappa shape index (κ2) is 9.86. The van der Waals surface area contributed by atoms with E-state index in [4.69, 9.17) is 4.74 Å². The molecule has 1 saturated heterocycles. The Morgan fingerprint density at radius 3 is 2.81 bits per heavy atom. The minimum absolute atomic E-state index is 0. The van der Waals surface area contributed by atoms with E-state index in [2.05, 4.69) is 49.6 Å². The lowest BCUT2D eigenvalue weighted by Crippen LogP contribution is -2.41. The van der Waals surface area contributed by atoms with Gasteiger partial charge in [0.05, 0.1) is 12.6 Å². The molecule has 7 nitrogen and oxygen atoms in total. The average molecular weight is 470 g/mol. The number of halogens is 1. The summed E-state index contributed by atoms with van der Waals surface area (Å²) >= 11 is 0. The second-order valence-corrected chi connectivity index (χ2v) is 6.33. The van der Waals surface area contributed by atoms with Crippen LogP contribution in [0.3, 0.4) is 0 Å². The highest BCUT2D eigenvalue weighted by Gasteiger charge is 2.29. The van der Waals surface area contributed by atoms with Crippen LogP contribution in [0.15, 0.2) is 41.7 Å². The maximum atomic E-state index is 5.96. The first-order chi connectivity index (χ1) is 12.2. The third-order valence-electron chi connectivity index (χ3n) is 4.62. The molecule has 2 atom stereocenters. The average Bonchev–Trinajstić information content (AvgIpc) is 3.26. The van der Waals surface area contributed by atoms with Crippen LogP contribution in [-0.2, 0) is 18.3 Å². The third kappa shape index (κ3) is 4.94. The Bertz CT molecular complexity index is 705. The van der Waals surface area contributed by atoms with Gasteiger partial charge in [-0.3, -0.25) is 9.67 Å². The predicted molar refractivity (Wildman–Crippen MR) is 112 cm³/mol. The summed E-state index contributed by atoms with van der Waals surface area (Å²) in [6, 6.07) is 10.4. The van der Waals surface area contributed by atoms with Crippen LogP contribution in [0.5, 0.6) is 0 Å². The summed E-state index contributed by atoms with van der Waals surface area (Å²) < 4.78 is 7.74. The predicted octanol–water partition coefficient (Wildman–Crippen LogP) is 2.22. The first-order valence-electron chi connectivity index (χ1n) is 8.60. The van der Waals surface area contributed by atoms with Gasteiger partial charge in [-0.2, -0.15) is 5.10 Å². The van der Waals surface area contributed by atoms with Crippen LogP contribution in [0.2, 0.25) is 0 Å². The highest BCUT2D eigenvalue weighted by atomic mass is 127. The number of rotatable bonds is 5. The van der Waals surface area contributed by atoms with E-state index in [0.717, 1.165) is 31.4 Å². The lowest BCUT2D eigenvalue weighted by atomic mass is 9.95. The van der Waals surface area contributed by atoms with Gasteiger partial charge < -0.3 is 15.0 Å². The molecule has 2 heterocycles. The van der Waals surface area contributed by atoms with E-state index in [-0.39, 0.29) is 30.1 Å². The van der Waals surface area contributed by atoms with E-state index < -0.39 is 0 Å². The molecule has 2 aromatic rings. The maximum absolute atomic E-state index is 5.96. The van der Waals surface area contributed by atoms with Crippen molar-refractivity contribution < 1.29 is 4.74 Å². The summed E-state index contributed by atoms with van der Waals surface area (Å²) in [5.41, 5.74) is 1.24. The van der Waals surface area contributed by atoms with Crippen LogP contribution >= 0.6 is 24.0 Å². The summed E-state index contributed by atoms with van der Waals surface area (Å²) in [6.45, 7) is 2.29. The number of aromatic nitrogens is 3.